The molecule has 3 aliphatic rings. The molecule has 21 heavy (non-hydrogen) atoms. The van der Waals surface area contributed by atoms with E-state index in [0.29, 0.717) is 0 Å². The minimum Gasteiger partial charge on any atom is -0.333 e. The topological polar surface area (TPSA) is 54.9 Å². The molecule has 3 aliphatic heterocycles. The van der Waals surface area contributed by atoms with Crippen LogP contribution in [0.25, 0.3) is 0 Å². The molecule has 0 aromatic carbocycles. The number of aliphatic imine (C=N–C) groups is 3. The van der Waals surface area contributed by atoms with Gasteiger partial charge in [0.15, 0.2) is 5.82 Å². The minimum absolute atomic E-state index is 0.908. The molecule has 0 N–H and O–H groups in total. The summed E-state index contributed by atoms with van der Waals surface area (Å²) in [7, 11) is 1.98. The van der Waals surface area contributed by atoms with Crippen molar-refractivity contribution in [2.24, 2.45) is 22.0 Å². The summed E-state index contributed by atoms with van der Waals surface area (Å²) in [5.74, 6) is 0.968. The molecule has 0 spiro atoms. The van der Waals surface area contributed by atoms with Gasteiger partial charge >= 0.3 is 0 Å². The first-order chi connectivity index (χ1) is 10.3. The predicted molar refractivity (Wildman–Crippen MR) is 85.9 cm³/mol. The van der Waals surface area contributed by atoms with E-state index < -0.39 is 0 Å². The van der Waals surface area contributed by atoms with E-state index in [0.717, 1.165) is 42.2 Å². The number of allylic oxidation sites excluding steroid dienone is 3. The predicted octanol–water partition coefficient (Wildman–Crippen LogP) is 2.83. The Kier molecular flexibility index (Phi) is 4.00. The van der Waals surface area contributed by atoms with Crippen LogP contribution >= 0.6 is 0 Å². The summed E-state index contributed by atoms with van der Waals surface area (Å²) in [6, 6.07) is 0. The van der Waals surface area contributed by atoms with Crippen LogP contribution in [0.15, 0.2) is 64.2 Å². The van der Waals surface area contributed by atoms with E-state index in [1.165, 1.54) is 0 Å². The number of imidazole rings is 1. The maximum absolute atomic E-state index is 4.19. The zero-order valence-electron chi connectivity index (χ0n) is 12.0. The average Bonchev–Trinajstić information content (AvgIpc) is 3.27. The third-order valence-corrected chi connectivity index (χ3v) is 3.35. The lowest BCUT2D eigenvalue weighted by Crippen LogP contribution is -2.07. The van der Waals surface area contributed by atoms with Gasteiger partial charge in [-0.2, -0.15) is 0 Å². The molecule has 4 rings (SSSR count). The molecule has 0 unspecified atom stereocenters. The zero-order valence-corrected chi connectivity index (χ0v) is 12.0. The fourth-order valence-corrected chi connectivity index (χ4v) is 2.26. The first-order valence-corrected chi connectivity index (χ1v) is 6.97. The van der Waals surface area contributed by atoms with Crippen molar-refractivity contribution < 1.29 is 0 Å². The number of hydrogen-bond acceptors (Lipinski definition) is 4. The van der Waals surface area contributed by atoms with E-state index in [4.69, 9.17) is 0 Å². The SMILES string of the molecule is C1=CN=C(C2=NC=CC2)C1.Cn1ccnc1C1=NC=CC1. The second kappa shape index (κ2) is 6.26. The summed E-state index contributed by atoms with van der Waals surface area (Å²) < 4.78 is 1.98. The summed E-state index contributed by atoms with van der Waals surface area (Å²) in [5.41, 5.74) is 3.31. The summed E-state index contributed by atoms with van der Waals surface area (Å²) in [6.45, 7) is 0. The fourth-order valence-electron chi connectivity index (χ4n) is 2.26. The number of rotatable bonds is 2. The standard InChI is InChI=1S/C8H9N3.C8H8N2/c1-11-6-5-10-8(11)7-3-2-4-9-7;1-3-7(9-5-1)8-4-2-6-10-8/h2,4-6H,3H2,1H3;1-2,5-6H,3-4H2. The van der Waals surface area contributed by atoms with Crippen LogP contribution in [-0.2, 0) is 7.05 Å². The van der Waals surface area contributed by atoms with Gasteiger partial charge in [0.25, 0.3) is 0 Å². The Labute approximate surface area is 123 Å². The number of aryl methyl sites for hydroxylation is 1. The maximum Gasteiger partial charge on any atom is 0.154 e. The van der Waals surface area contributed by atoms with Gasteiger partial charge in [-0.3, -0.25) is 15.0 Å². The van der Waals surface area contributed by atoms with Crippen molar-refractivity contribution in [2.45, 2.75) is 19.3 Å². The third kappa shape index (κ3) is 3.13. The van der Waals surface area contributed by atoms with Gasteiger partial charge in [0.05, 0.1) is 17.1 Å². The van der Waals surface area contributed by atoms with E-state index in [-0.39, 0.29) is 0 Å². The largest absolute Gasteiger partial charge is 0.333 e. The molecule has 0 amide bonds. The highest BCUT2D eigenvalue weighted by Gasteiger charge is 2.10. The molecule has 5 heteroatoms. The fraction of sp³-hybridized carbons (Fsp3) is 0.250. The minimum atomic E-state index is 0.908. The molecule has 0 saturated heterocycles. The zero-order chi connectivity index (χ0) is 14.5. The Morgan fingerprint density at radius 3 is 1.71 bits per heavy atom. The van der Waals surface area contributed by atoms with Crippen molar-refractivity contribution in [3.63, 3.8) is 0 Å². The third-order valence-electron chi connectivity index (χ3n) is 3.35. The van der Waals surface area contributed by atoms with Crippen LogP contribution in [-0.4, -0.2) is 26.7 Å². The Balaban J connectivity index is 0.000000126. The lowest BCUT2D eigenvalue weighted by atomic mass is 10.1. The summed E-state index contributed by atoms with van der Waals surface area (Å²) in [5, 5.41) is 0. The Hall–Kier alpha value is -2.56. The van der Waals surface area contributed by atoms with Crippen LogP contribution in [0, 0.1) is 0 Å². The van der Waals surface area contributed by atoms with E-state index in [2.05, 4.69) is 32.1 Å². The maximum atomic E-state index is 4.19. The van der Waals surface area contributed by atoms with Crippen LogP contribution in [0.3, 0.4) is 0 Å². The molecule has 0 atom stereocenters. The van der Waals surface area contributed by atoms with Crippen molar-refractivity contribution in [3.05, 3.63) is 55.0 Å². The van der Waals surface area contributed by atoms with Crippen molar-refractivity contribution in [3.8, 4) is 0 Å². The molecule has 1 aromatic heterocycles. The number of hydrogen-bond donors (Lipinski definition) is 0. The quantitative estimate of drug-likeness (QED) is 0.821. The molecule has 0 radical (unpaired) electrons. The molecular formula is C16H17N5. The summed E-state index contributed by atoms with van der Waals surface area (Å²) >= 11 is 0. The number of nitrogens with zero attached hydrogens (tertiary/aromatic N) is 5. The van der Waals surface area contributed by atoms with E-state index in [1.54, 1.807) is 6.20 Å². The Bertz CT molecular complexity index is 670. The molecule has 0 aliphatic carbocycles. The number of aromatic nitrogens is 2. The lowest BCUT2D eigenvalue weighted by molar-refractivity contribution is 0.894. The van der Waals surface area contributed by atoms with Gasteiger partial charge < -0.3 is 4.57 Å². The van der Waals surface area contributed by atoms with Crippen molar-refractivity contribution >= 4 is 17.1 Å². The van der Waals surface area contributed by atoms with Crippen LogP contribution < -0.4 is 0 Å². The van der Waals surface area contributed by atoms with E-state index >= 15 is 0 Å². The van der Waals surface area contributed by atoms with Crippen molar-refractivity contribution in [2.75, 3.05) is 0 Å². The second-order valence-corrected chi connectivity index (χ2v) is 4.86. The second-order valence-electron chi connectivity index (χ2n) is 4.86. The molecule has 1 aromatic rings. The molecule has 5 nitrogen and oxygen atoms in total. The normalized spacial score (nSPS) is 18.4. The highest BCUT2D eigenvalue weighted by Crippen LogP contribution is 2.09. The highest BCUT2D eigenvalue weighted by atomic mass is 15.0. The molecule has 0 bridgehead atoms. The van der Waals surface area contributed by atoms with E-state index in [1.807, 2.05) is 42.5 Å². The lowest BCUT2D eigenvalue weighted by Gasteiger charge is -1.98. The monoisotopic (exact) mass is 279 g/mol. The average molecular weight is 279 g/mol. The highest BCUT2D eigenvalue weighted by molar-refractivity contribution is 6.44. The first-order valence-electron chi connectivity index (χ1n) is 6.97. The van der Waals surface area contributed by atoms with E-state index in [9.17, 15) is 0 Å². The van der Waals surface area contributed by atoms with Crippen LogP contribution in [0.2, 0.25) is 0 Å². The van der Waals surface area contributed by atoms with Gasteiger partial charge in [-0.05, 0) is 0 Å². The van der Waals surface area contributed by atoms with Gasteiger partial charge in [0.2, 0.25) is 0 Å². The van der Waals surface area contributed by atoms with Crippen LogP contribution in [0.4, 0.5) is 0 Å². The Morgan fingerprint density at radius 2 is 1.33 bits per heavy atom. The van der Waals surface area contributed by atoms with Gasteiger partial charge in [0, 0.05) is 57.3 Å². The summed E-state index contributed by atoms with van der Waals surface area (Å²) in [4.78, 5) is 16.7. The van der Waals surface area contributed by atoms with Gasteiger partial charge in [-0.15, -0.1) is 0 Å². The van der Waals surface area contributed by atoms with Crippen molar-refractivity contribution in [1.82, 2.24) is 9.55 Å². The molecule has 4 heterocycles. The first kappa shape index (κ1) is 13.4. The van der Waals surface area contributed by atoms with Gasteiger partial charge in [-0.1, -0.05) is 18.2 Å². The van der Waals surface area contributed by atoms with Crippen LogP contribution in [0.5, 0.6) is 0 Å². The van der Waals surface area contributed by atoms with Gasteiger partial charge in [-0.25, -0.2) is 4.98 Å². The molecule has 0 saturated carbocycles. The van der Waals surface area contributed by atoms with Crippen molar-refractivity contribution in [1.29, 1.82) is 0 Å². The molecular weight excluding hydrogens is 262 g/mol. The Morgan fingerprint density at radius 1 is 0.810 bits per heavy atom. The van der Waals surface area contributed by atoms with Crippen LogP contribution in [0.1, 0.15) is 25.1 Å². The smallest absolute Gasteiger partial charge is 0.154 e. The summed E-state index contributed by atoms with van der Waals surface area (Å²) in [6.07, 6.45) is 18.2. The molecule has 106 valence electrons. The molecule has 0 fully saturated rings. The van der Waals surface area contributed by atoms with Gasteiger partial charge in [0.1, 0.15) is 0 Å².